The molecule has 1 aromatic rings. The Balaban J connectivity index is 2.20. The first kappa shape index (κ1) is 10.1. The van der Waals surface area contributed by atoms with Crippen LogP contribution in [0.2, 0.25) is 0 Å². The lowest BCUT2D eigenvalue weighted by Crippen LogP contribution is -2.20. The molecule has 15 heavy (non-hydrogen) atoms. The number of carboxylic acids is 1. The fraction of sp³-hybridized carbons (Fsp3) is 0.364. The molecule has 0 aromatic heterocycles. The van der Waals surface area contributed by atoms with Gasteiger partial charge < -0.3 is 10.2 Å². The normalized spacial score (nSPS) is 15.3. The number of nitrogens with zero attached hydrogens (tertiary/aromatic N) is 1. The maximum absolute atomic E-state index is 10.8. The van der Waals surface area contributed by atoms with Crippen molar-refractivity contribution in [3.05, 3.63) is 34.9 Å². The van der Waals surface area contributed by atoms with Gasteiger partial charge in [0.15, 0.2) is 0 Å². The fourth-order valence-corrected chi connectivity index (χ4v) is 1.90. The number of aliphatic hydroxyl groups excluding tert-OH is 1. The van der Waals surface area contributed by atoms with E-state index in [1.165, 1.54) is 0 Å². The highest BCUT2D eigenvalue weighted by Gasteiger charge is 2.19. The van der Waals surface area contributed by atoms with Gasteiger partial charge in [0, 0.05) is 19.6 Å². The average molecular weight is 207 g/mol. The van der Waals surface area contributed by atoms with Gasteiger partial charge in [-0.15, -0.1) is 0 Å². The number of hydrogen-bond acceptors (Lipinski definition) is 3. The van der Waals surface area contributed by atoms with E-state index in [-0.39, 0.29) is 6.61 Å². The van der Waals surface area contributed by atoms with Crippen LogP contribution in [0.4, 0.5) is 0 Å². The number of hydrogen-bond donors (Lipinski definition) is 2. The Hall–Kier alpha value is -1.39. The Bertz CT molecular complexity index is 389. The number of β-amino-alcohol motifs (C(OH)–C–C–N with tert-alkyl or cyclic N) is 1. The maximum Gasteiger partial charge on any atom is 0.335 e. The van der Waals surface area contributed by atoms with Crippen LogP contribution < -0.4 is 0 Å². The van der Waals surface area contributed by atoms with Gasteiger partial charge in [0.25, 0.3) is 0 Å². The van der Waals surface area contributed by atoms with Gasteiger partial charge in [-0.2, -0.15) is 0 Å². The number of carboxylic acid groups (broad SMARTS) is 1. The number of rotatable bonds is 3. The Labute approximate surface area is 87.8 Å². The van der Waals surface area contributed by atoms with Crippen molar-refractivity contribution in [3.8, 4) is 0 Å². The van der Waals surface area contributed by atoms with Gasteiger partial charge in [-0.1, -0.05) is 6.07 Å². The van der Waals surface area contributed by atoms with E-state index in [2.05, 4.69) is 4.90 Å². The van der Waals surface area contributed by atoms with Crippen molar-refractivity contribution in [2.75, 3.05) is 13.2 Å². The van der Waals surface area contributed by atoms with E-state index in [1.54, 1.807) is 12.1 Å². The summed E-state index contributed by atoms with van der Waals surface area (Å²) in [5.74, 6) is -0.890. The van der Waals surface area contributed by atoms with Crippen LogP contribution in [0.3, 0.4) is 0 Å². The summed E-state index contributed by atoms with van der Waals surface area (Å²) in [5.41, 5.74) is 2.55. The van der Waals surface area contributed by atoms with Gasteiger partial charge in [0.2, 0.25) is 0 Å². The lowest BCUT2D eigenvalue weighted by molar-refractivity contribution is 0.0696. The number of fused-ring (bicyclic) bond motifs is 1. The van der Waals surface area contributed by atoms with E-state index >= 15 is 0 Å². The maximum atomic E-state index is 10.8. The highest BCUT2D eigenvalue weighted by Crippen LogP contribution is 2.23. The van der Waals surface area contributed by atoms with Crippen molar-refractivity contribution in [1.82, 2.24) is 4.90 Å². The molecule has 0 saturated carbocycles. The van der Waals surface area contributed by atoms with Crippen LogP contribution in [0.1, 0.15) is 21.5 Å². The summed E-state index contributed by atoms with van der Waals surface area (Å²) in [6.07, 6.45) is 0. The van der Waals surface area contributed by atoms with Crippen molar-refractivity contribution in [1.29, 1.82) is 0 Å². The molecule has 0 saturated heterocycles. The first-order chi connectivity index (χ1) is 7.20. The number of carbonyl (C=O) groups is 1. The molecule has 4 heteroatoms. The van der Waals surface area contributed by atoms with Crippen molar-refractivity contribution >= 4 is 5.97 Å². The van der Waals surface area contributed by atoms with E-state index in [0.717, 1.165) is 24.2 Å². The van der Waals surface area contributed by atoms with Crippen LogP contribution in [-0.4, -0.2) is 34.2 Å². The van der Waals surface area contributed by atoms with Gasteiger partial charge in [-0.3, -0.25) is 4.90 Å². The molecule has 0 atom stereocenters. The van der Waals surface area contributed by atoms with Gasteiger partial charge >= 0.3 is 5.97 Å². The Morgan fingerprint density at radius 3 is 2.73 bits per heavy atom. The predicted molar refractivity (Wildman–Crippen MR) is 54.6 cm³/mol. The summed E-state index contributed by atoms with van der Waals surface area (Å²) >= 11 is 0. The Kier molecular flexibility index (Phi) is 2.70. The van der Waals surface area contributed by atoms with Crippen LogP contribution in [0.15, 0.2) is 18.2 Å². The summed E-state index contributed by atoms with van der Waals surface area (Å²) in [7, 11) is 0. The zero-order valence-corrected chi connectivity index (χ0v) is 8.31. The van der Waals surface area contributed by atoms with E-state index in [1.807, 2.05) is 6.07 Å². The zero-order chi connectivity index (χ0) is 10.8. The van der Waals surface area contributed by atoms with Crippen molar-refractivity contribution < 1.29 is 15.0 Å². The zero-order valence-electron chi connectivity index (χ0n) is 8.31. The molecule has 0 radical (unpaired) electrons. The molecule has 1 aliphatic heterocycles. The highest BCUT2D eigenvalue weighted by atomic mass is 16.4. The van der Waals surface area contributed by atoms with Gasteiger partial charge in [-0.25, -0.2) is 4.79 Å². The molecule has 0 spiro atoms. The van der Waals surface area contributed by atoms with E-state index in [4.69, 9.17) is 10.2 Å². The molecule has 1 heterocycles. The molecule has 0 amide bonds. The van der Waals surface area contributed by atoms with Crippen molar-refractivity contribution in [2.45, 2.75) is 13.1 Å². The van der Waals surface area contributed by atoms with Crippen LogP contribution in [0, 0.1) is 0 Å². The smallest absolute Gasteiger partial charge is 0.335 e. The highest BCUT2D eigenvalue weighted by molar-refractivity contribution is 5.87. The molecular weight excluding hydrogens is 194 g/mol. The molecular formula is C11H13NO3. The number of aliphatic hydroxyl groups is 1. The van der Waals surface area contributed by atoms with Gasteiger partial charge in [0.05, 0.1) is 12.2 Å². The third kappa shape index (κ3) is 2.00. The molecule has 0 bridgehead atoms. The Morgan fingerprint density at radius 2 is 2.07 bits per heavy atom. The summed E-state index contributed by atoms with van der Waals surface area (Å²) in [5, 5.41) is 17.6. The first-order valence-electron chi connectivity index (χ1n) is 4.89. The van der Waals surface area contributed by atoms with Crippen molar-refractivity contribution in [3.63, 3.8) is 0 Å². The summed E-state index contributed by atoms with van der Waals surface area (Å²) in [6, 6.07) is 5.20. The van der Waals surface area contributed by atoms with Crippen LogP contribution in [0.5, 0.6) is 0 Å². The summed E-state index contributed by atoms with van der Waals surface area (Å²) in [6.45, 7) is 2.31. The van der Waals surface area contributed by atoms with Crippen LogP contribution in [0.25, 0.3) is 0 Å². The Morgan fingerprint density at radius 1 is 1.33 bits per heavy atom. The number of benzene rings is 1. The predicted octanol–water partition coefficient (Wildman–Crippen LogP) is 0.693. The molecule has 0 unspecified atom stereocenters. The lowest BCUT2D eigenvalue weighted by Gasteiger charge is -2.11. The number of aromatic carboxylic acids is 1. The molecule has 1 aromatic carbocycles. The molecule has 0 aliphatic carbocycles. The second-order valence-electron chi connectivity index (χ2n) is 3.72. The largest absolute Gasteiger partial charge is 0.478 e. The van der Waals surface area contributed by atoms with Crippen LogP contribution in [-0.2, 0) is 13.1 Å². The molecule has 2 rings (SSSR count). The standard InChI is InChI=1S/C11H13NO3/c13-4-3-12-6-9-2-1-8(11(14)15)5-10(9)7-12/h1-2,5,13H,3-4,6-7H2,(H,14,15). The fourth-order valence-electron chi connectivity index (χ4n) is 1.90. The first-order valence-corrected chi connectivity index (χ1v) is 4.89. The second-order valence-corrected chi connectivity index (χ2v) is 3.72. The van der Waals surface area contributed by atoms with Gasteiger partial charge in [-0.05, 0) is 23.3 Å². The van der Waals surface area contributed by atoms with Crippen molar-refractivity contribution in [2.24, 2.45) is 0 Å². The average Bonchev–Trinajstić information content (AvgIpc) is 2.59. The monoisotopic (exact) mass is 207 g/mol. The molecule has 1 aliphatic rings. The SMILES string of the molecule is O=C(O)c1ccc2c(c1)CN(CCO)C2. The molecule has 0 fully saturated rings. The quantitative estimate of drug-likeness (QED) is 0.765. The topological polar surface area (TPSA) is 60.8 Å². The molecule has 80 valence electrons. The van der Waals surface area contributed by atoms with E-state index in [9.17, 15) is 4.79 Å². The minimum atomic E-state index is -0.890. The molecule has 2 N–H and O–H groups in total. The van der Waals surface area contributed by atoms with Gasteiger partial charge in [0.1, 0.15) is 0 Å². The van der Waals surface area contributed by atoms with E-state index < -0.39 is 5.97 Å². The minimum Gasteiger partial charge on any atom is -0.478 e. The summed E-state index contributed by atoms with van der Waals surface area (Å²) in [4.78, 5) is 12.8. The summed E-state index contributed by atoms with van der Waals surface area (Å²) < 4.78 is 0. The second kappa shape index (κ2) is 4.00. The third-order valence-electron chi connectivity index (χ3n) is 2.66. The minimum absolute atomic E-state index is 0.139. The third-order valence-corrected chi connectivity index (χ3v) is 2.66. The van der Waals surface area contributed by atoms with E-state index in [0.29, 0.717) is 12.1 Å². The molecule has 4 nitrogen and oxygen atoms in total. The van der Waals surface area contributed by atoms with Crippen LogP contribution >= 0.6 is 0 Å². The lowest BCUT2D eigenvalue weighted by atomic mass is 10.1.